The Labute approximate surface area is 74.0 Å². The first-order valence-corrected chi connectivity index (χ1v) is 4.46. The maximum Gasteiger partial charge on any atom is 0.00811 e. The summed E-state index contributed by atoms with van der Waals surface area (Å²) in [4.78, 5) is 0. The highest BCUT2D eigenvalue weighted by Gasteiger charge is 2.23. The summed E-state index contributed by atoms with van der Waals surface area (Å²) in [6.07, 6.45) is 14.4. The van der Waals surface area contributed by atoms with Crippen molar-refractivity contribution in [2.24, 2.45) is 5.41 Å². The summed E-state index contributed by atoms with van der Waals surface area (Å²) in [5, 5.41) is 0. The van der Waals surface area contributed by atoms with Crippen molar-refractivity contribution >= 4 is 0 Å². The normalized spacial score (nSPS) is 24.5. The number of allylic oxidation sites excluding steroid dienone is 8. The van der Waals surface area contributed by atoms with Crippen LogP contribution in [0.25, 0.3) is 0 Å². The van der Waals surface area contributed by atoms with Gasteiger partial charge in [-0.05, 0) is 17.6 Å². The van der Waals surface area contributed by atoms with E-state index in [1.54, 1.807) is 0 Å². The fraction of sp³-hybridized carbons (Fsp3) is 0.333. The van der Waals surface area contributed by atoms with Gasteiger partial charge in [0.15, 0.2) is 0 Å². The molecule has 0 aromatic heterocycles. The standard InChI is InChI=1S/C12H14/c1-12(2)9-4-3-6-10-7-5-8-11(10)12/h3-6,8-9H,7H2,1-2H3. The van der Waals surface area contributed by atoms with Gasteiger partial charge in [-0.2, -0.15) is 0 Å². The summed E-state index contributed by atoms with van der Waals surface area (Å²) in [7, 11) is 0. The Morgan fingerprint density at radius 3 is 2.83 bits per heavy atom. The van der Waals surface area contributed by atoms with Crippen molar-refractivity contribution in [3.05, 3.63) is 47.6 Å². The van der Waals surface area contributed by atoms with Crippen molar-refractivity contribution in [1.82, 2.24) is 0 Å². The number of hydrogen-bond donors (Lipinski definition) is 0. The first kappa shape index (κ1) is 7.60. The molecule has 2 aliphatic rings. The monoisotopic (exact) mass is 158 g/mol. The topological polar surface area (TPSA) is 0 Å². The second-order valence-corrected chi connectivity index (χ2v) is 3.99. The molecule has 2 rings (SSSR count). The minimum atomic E-state index is 0.214. The smallest absolute Gasteiger partial charge is 0.00811 e. The third-order valence-corrected chi connectivity index (χ3v) is 2.58. The maximum atomic E-state index is 2.27. The van der Waals surface area contributed by atoms with E-state index in [0.717, 1.165) is 6.42 Å². The molecule has 0 unspecified atom stereocenters. The molecule has 0 nitrogen and oxygen atoms in total. The molecule has 0 aromatic rings. The van der Waals surface area contributed by atoms with Crippen molar-refractivity contribution in [3.8, 4) is 0 Å². The lowest BCUT2D eigenvalue weighted by molar-refractivity contribution is 0.594. The SMILES string of the molecule is CC1(C)C=CC=CC2=C1C=CC2. The van der Waals surface area contributed by atoms with E-state index in [0.29, 0.717) is 0 Å². The summed E-state index contributed by atoms with van der Waals surface area (Å²) in [6, 6.07) is 0. The van der Waals surface area contributed by atoms with Crippen molar-refractivity contribution in [1.29, 1.82) is 0 Å². The zero-order chi connectivity index (χ0) is 8.60. The van der Waals surface area contributed by atoms with Gasteiger partial charge in [0, 0.05) is 5.41 Å². The van der Waals surface area contributed by atoms with Crippen LogP contribution in [0, 0.1) is 5.41 Å². The molecule has 0 amide bonds. The first-order valence-electron chi connectivity index (χ1n) is 4.46. The molecule has 0 atom stereocenters. The van der Waals surface area contributed by atoms with Crippen LogP contribution in [0.3, 0.4) is 0 Å². The highest BCUT2D eigenvalue weighted by atomic mass is 14.3. The van der Waals surface area contributed by atoms with E-state index >= 15 is 0 Å². The Balaban J connectivity index is 2.51. The minimum absolute atomic E-state index is 0.214. The van der Waals surface area contributed by atoms with Crippen LogP contribution in [-0.2, 0) is 0 Å². The summed E-state index contributed by atoms with van der Waals surface area (Å²) in [5.74, 6) is 0. The van der Waals surface area contributed by atoms with E-state index < -0.39 is 0 Å². The van der Waals surface area contributed by atoms with Crippen LogP contribution >= 0.6 is 0 Å². The molecule has 0 heteroatoms. The van der Waals surface area contributed by atoms with E-state index in [1.165, 1.54) is 11.1 Å². The largest absolute Gasteiger partial charge is 0.0798 e. The molecule has 0 fully saturated rings. The molecule has 0 spiro atoms. The van der Waals surface area contributed by atoms with Gasteiger partial charge in [-0.1, -0.05) is 50.3 Å². The Morgan fingerprint density at radius 1 is 1.17 bits per heavy atom. The van der Waals surface area contributed by atoms with Crippen molar-refractivity contribution in [3.63, 3.8) is 0 Å². The summed E-state index contributed by atoms with van der Waals surface area (Å²) in [6.45, 7) is 4.53. The zero-order valence-corrected chi connectivity index (χ0v) is 7.67. The van der Waals surface area contributed by atoms with Crippen LogP contribution in [0.1, 0.15) is 20.3 Å². The molecule has 0 aliphatic heterocycles. The Bertz CT molecular complexity index is 309. The Morgan fingerprint density at radius 2 is 2.00 bits per heavy atom. The van der Waals surface area contributed by atoms with Crippen LogP contribution in [0.5, 0.6) is 0 Å². The minimum Gasteiger partial charge on any atom is -0.0798 e. The van der Waals surface area contributed by atoms with Crippen LogP contribution in [0.4, 0.5) is 0 Å². The lowest BCUT2D eigenvalue weighted by Crippen LogP contribution is -2.09. The van der Waals surface area contributed by atoms with Gasteiger partial charge in [-0.3, -0.25) is 0 Å². The summed E-state index contributed by atoms with van der Waals surface area (Å²) >= 11 is 0. The molecular formula is C12H14. The van der Waals surface area contributed by atoms with E-state index in [2.05, 4.69) is 50.3 Å². The Kier molecular flexibility index (Phi) is 1.57. The van der Waals surface area contributed by atoms with Gasteiger partial charge >= 0.3 is 0 Å². The van der Waals surface area contributed by atoms with Gasteiger partial charge in [0.25, 0.3) is 0 Å². The summed E-state index contributed by atoms with van der Waals surface area (Å²) in [5.41, 5.74) is 3.17. The van der Waals surface area contributed by atoms with Gasteiger partial charge in [0.2, 0.25) is 0 Å². The second-order valence-electron chi connectivity index (χ2n) is 3.99. The molecule has 0 saturated carbocycles. The molecule has 62 valence electrons. The van der Waals surface area contributed by atoms with E-state index in [4.69, 9.17) is 0 Å². The molecule has 0 radical (unpaired) electrons. The van der Waals surface area contributed by atoms with E-state index in [-0.39, 0.29) is 5.41 Å². The van der Waals surface area contributed by atoms with E-state index in [9.17, 15) is 0 Å². The molecule has 0 heterocycles. The van der Waals surface area contributed by atoms with Crippen LogP contribution in [-0.4, -0.2) is 0 Å². The van der Waals surface area contributed by atoms with Crippen molar-refractivity contribution < 1.29 is 0 Å². The highest BCUT2D eigenvalue weighted by Crippen LogP contribution is 2.37. The fourth-order valence-electron chi connectivity index (χ4n) is 1.86. The van der Waals surface area contributed by atoms with Gasteiger partial charge in [0.05, 0.1) is 0 Å². The molecule has 0 aromatic carbocycles. The average molecular weight is 158 g/mol. The second kappa shape index (κ2) is 2.48. The lowest BCUT2D eigenvalue weighted by atomic mass is 9.83. The predicted molar refractivity (Wildman–Crippen MR) is 52.8 cm³/mol. The summed E-state index contributed by atoms with van der Waals surface area (Å²) < 4.78 is 0. The van der Waals surface area contributed by atoms with Gasteiger partial charge in [0.1, 0.15) is 0 Å². The highest BCUT2D eigenvalue weighted by molar-refractivity contribution is 5.48. The van der Waals surface area contributed by atoms with Crippen LogP contribution < -0.4 is 0 Å². The van der Waals surface area contributed by atoms with Crippen LogP contribution in [0.15, 0.2) is 47.6 Å². The number of rotatable bonds is 0. The van der Waals surface area contributed by atoms with Crippen molar-refractivity contribution in [2.75, 3.05) is 0 Å². The van der Waals surface area contributed by atoms with Crippen LogP contribution in [0.2, 0.25) is 0 Å². The van der Waals surface area contributed by atoms with Gasteiger partial charge in [-0.25, -0.2) is 0 Å². The maximum absolute atomic E-state index is 2.27. The van der Waals surface area contributed by atoms with E-state index in [1.807, 2.05) is 0 Å². The quantitative estimate of drug-likeness (QED) is 0.507. The van der Waals surface area contributed by atoms with Gasteiger partial charge < -0.3 is 0 Å². The predicted octanol–water partition coefficient (Wildman–Crippen LogP) is 3.40. The first-order chi connectivity index (χ1) is 5.70. The fourth-order valence-corrected chi connectivity index (χ4v) is 1.86. The zero-order valence-electron chi connectivity index (χ0n) is 7.67. The molecule has 2 aliphatic carbocycles. The lowest BCUT2D eigenvalue weighted by Gasteiger charge is -2.21. The molecule has 0 bridgehead atoms. The number of hydrogen-bond acceptors (Lipinski definition) is 0. The third kappa shape index (κ3) is 1.08. The molecule has 0 N–H and O–H groups in total. The average Bonchev–Trinajstić information content (AvgIpc) is 2.42. The molecule has 0 saturated heterocycles. The molecule has 12 heavy (non-hydrogen) atoms. The van der Waals surface area contributed by atoms with Gasteiger partial charge in [-0.15, -0.1) is 0 Å². The Hall–Kier alpha value is -1.04. The molecular weight excluding hydrogens is 144 g/mol. The van der Waals surface area contributed by atoms with Crippen molar-refractivity contribution in [2.45, 2.75) is 20.3 Å². The third-order valence-electron chi connectivity index (χ3n) is 2.58.